The molecule has 2 heterocycles. The van der Waals surface area contributed by atoms with Crippen LogP contribution in [0.1, 0.15) is 11.3 Å². The first-order valence-corrected chi connectivity index (χ1v) is 12.9. The van der Waals surface area contributed by atoms with Gasteiger partial charge in [0.15, 0.2) is 5.69 Å². The van der Waals surface area contributed by atoms with Crippen molar-refractivity contribution in [2.45, 2.75) is 20.4 Å². The van der Waals surface area contributed by atoms with Crippen molar-refractivity contribution < 1.29 is 9.90 Å². The third-order valence-electron chi connectivity index (χ3n) is 6.67. The van der Waals surface area contributed by atoms with Crippen molar-refractivity contribution in [1.29, 1.82) is 0 Å². The average Bonchev–Trinajstić information content (AvgIpc) is 3.33. The molecular formula is C29H27N7O3S. The molecule has 5 rings (SSSR count). The Morgan fingerprint density at radius 3 is 2.38 bits per heavy atom. The Balaban J connectivity index is 1.40. The molecule has 0 aliphatic heterocycles. The van der Waals surface area contributed by atoms with Gasteiger partial charge in [-0.05, 0) is 55.9 Å². The fourth-order valence-corrected chi connectivity index (χ4v) is 4.66. The fourth-order valence-electron chi connectivity index (χ4n) is 4.52. The second-order valence-corrected chi connectivity index (χ2v) is 9.59. The van der Waals surface area contributed by atoms with E-state index in [2.05, 4.69) is 20.9 Å². The van der Waals surface area contributed by atoms with Gasteiger partial charge in [0.25, 0.3) is 5.56 Å². The van der Waals surface area contributed by atoms with Crippen molar-refractivity contribution in [3.63, 3.8) is 0 Å². The minimum absolute atomic E-state index is 0.0560. The second-order valence-electron chi connectivity index (χ2n) is 9.21. The monoisotopic (exact) mass is 553 g/mol. The summed E-state index contributed by atoms with van der Waals surface area (Å²) in [6.07, 6.45) is 0. The number of hydrogen-bond donors (Lipinski definition) is 3. The van der Waals surface area contributed by atoms with Gasteiger partial charge in [-0.3, -0.25) is 14.3 Å². The SMILES string of the molecule is Cc1ccccc1NC(=O)Cn1c(O)c(N=NC(=S)Nc2c(C)n(C)n(-c3ccccc3)c2=O)c2ccccc21. The number of thiocarbonyl (C=S) groups is 1. The van der Waals surface area contributed by atoms with Crippen LogP contribution in [0.2, 0.25) is 0 Å². The van der Waals surface area contributed by atoms with Crippen molar-refractivity contribution in [2.75, 3.05) is 10.6 Å². The van der Waals surface area contributed by atoms with E-state index in [-0.39, 0.29) is 40.4 Å². The number of aryl methyl sites for hydroxylation is 1. The zero-order valence-corrected chi connectivity index (χ0v) is 22.9. The van der Waals surface area contributed by atoms with Crippen LogP contribution in [0.5, 0.6) is 5.88 Å². The number of amides is 1. The summed E-state index contributed by atoms with van der Waals surface area (Å²) < 4.78 is 4.72. The van der Waals surface area contributed by atoms with Gasteiger partial charge >= 0.3 is 0 Å². The first-order chi connectivity index (χ1) is 19.3. The minimum Gasteiger partial charge on any atom is -0.493 e. The van der Waals surface area contributed by atoms with Gasteiger partial charge in [-0.1, -0.05) is 54.6 Å². The Bertz CT molecular complexity index is 1830. The van der Waals surface area contributed by atoms with Gasteiger partial charge in [0.1, 0.15) is 12.2 Å². The van der Waals surface area contributed by atoms with Gasteiger partial charge in [0.05, 0.1) is 16.9 Å². The average molecular weight is 554 g/mol. The summed E-state index contributed by atoms with van der Waals surface area (Å²) in [5.41, 5.74) is 3.75. The number of nitrogens with one attached hydrogen (secondary N) is 2. The molecule has 0 aliphatic carbocycles. The van der Waals surface area contributed by atoms with Crippen LogP contribution < -0.4 is 16.2 Å². The number of carbonyl (C=O) groups excluding carboxylic acids is 1. The summed E-state index contributed by atoms with van der Waals surface area (Å²) in [5.74, 6) is -0.532. The van der Waals surface area contributed by atoms with E-state index in [9.17, 15) is 14.7 Å². The van der Waals surface area contributed by atoms with Gasteiger partial charge in [-0.25, -0.2) is 4.68 Å². The normalized spacial score (nSPS) is 11.3. The van der Waals surface area contributed by atoms with Crippen LogP contribution in [0.3, 0.4) is 0 Å². The van der Waals surface area contributed by atoms with E-state index in [1.54, 1.807) is 42.9 Å². The number of hydrogen-bond acceptors (Lipinski definition) is 5. The summed E-state index contributed by atoms with van der Waals surface area (Å²) in [4.78, 5) is 26.0. The zero-order valence-electron chi connectivity index (χ0n) is 22.1. The number of azo groups is 1. The van der Waals surface area contributed by atoms with E-state index >= 15 is 0 Å². The molecule has 5 aromatic rings. The van der Waals surface area contributed by atoms with Crippen molar-refractivity contribution in [3.8, 4) is 11.6 Å². The summed E-state index contributed by atoms with van der Waals surface area (Å²) >= 11 is 5.37. The number of nitrogens with zero attached hydrogens (tertiary/aromatic N) is 5. The Kier molecular flexibility index (Phi) is 7.30. The lowest BCUT2D eigenvalue weighted by Gasteiger charge is -2.10. The molecule has 202 valence electrons. The molecule has 3 N–H and O–H groups in total. The van der Waals surface area contributed by atoms with Crippen LogP contribution in [0.25, 0.3) is 16.6 Å². The third kappa shape index (κ3) is 5.02. The van der Waals surface area contributed by atoms with E-state index in [1.807, 2.05) is 61.5 Å². The Hall–Kier alpha value is -5.03. The number of carbonyl (C=O) groups is 1. The van der Waals surface area contributed by atoms with Crippen LogP contribution in [0, 0.1) is 13.8 Å². The Morgan fingerprint density at radius 1 is 0.950 bits per heavy atom. The van der Waals surface area contributed by atoms with Gasteiger partial charge in [0, 0.05) is 18.1 Å². The molecular weight excluding hydrogens is 526 g/mol. The van der Waals surface area contributed by atoms with Crippen molar-refractivity contribution in [3.05, 3.63) is 100 Å². The van der Waals surface area contributed by atoms with E-state index in [1.165, 1.54) is 9.25 Å². The molecule has 11 heteroatoms. The summed E-state index contributed by atoms with van der Waals surface area (Å²) in [6, 6.07) is 23.9. The lowest BCUT2D eigenvalue weighted by molar-refractivity contribution is -0.116. The first kappa shape index (κ1) is 26.6. The lowest BCUT2D eigenvalue weighted by atomic mass is 10.2. The summed E-state index contributed by atoms with van der Waals surface area (Å²) in [7, 11) is 1.78. The molecule has 0 unspecified atom stereocenters. The Morgan fingerprint density at radius 2 is 1.62 bits per heavy atom. The van der Waals surface area contributed by atoms with E-state index in [0.717, 1.165) is 5.56 Å². The van der Waals surface area contributed by atoms with Crippen molar-refractivity contribution in [1.82, 2.24) is 13.9 Å². The summed E-state index contributed by atoms with van der Waals surface area (Å²) in [6.45, 7) is 3.56. The second kappa shape index (κ2) is 11.0. The van der Waals surface area contributed by atoms with E-state index < -0.39 is 0 Å². The molecule has 0 atom stereocenters. The molecule has 2 aromatic heterocycles. The fraction of sp³-hybridized carbons (Fsp3) is 0.138. The highest BCUT2D eigenvalue weighted by atomic mass is 32.1. The molecule has 0 fully saturated rings. The minimum atomic E-state index is -0.305. The number of fused-ring (bicyclic) bond motifs is 1. The van der Waals surface area contributed by atoms with Crippen molar-refractivity contribution in [2.24, 2.45) is 17.3 Å². The molecule has 3 aromatic carbocycles. The molecule has 0 aliphatic rings. The molecule has 0 radical (unpaired) electrons. The topological polar surface area (TPSA) is 118 Å². The number of anilines is 2. The molecule has 10 nitrogen and oxygen atoms in total. The van der Waals surface area contributed by atoms with Crippen molar-refractivity contribution >= 4 is 51.2 Å². The maximum atomic E-state index is 13.2. The highest BCUT2D eigenvalue weighted by Gasteiger charge is 2.20. The van der Waals surface area contributed by atoms with Gasteiger partial charge in [0.2, 0.25) is 16.9 Å². The smallest absolute Gasteiger partial charge is 0.295 e. The molecule has 0 spiro atoms. The first-order valence-electron chi connectivity index (χ1n) is 12.5. The maximum Gasteiger partial charge on any atom is 0.295 e. The Labute approximate surface area is 235 Å². The lowest BCUT2D eigenvalue weighted by Crippen LogP contribution is -2.21. The van der Waals surface area contributed by atoms with E-state index in [4.69, 9.17) is 12.2 Å². The molecule has 0 saturated carbocycles. The van der Waals surface area contributed by atoms with Gasteiger partial charge in [-0.2, -0.15) is 0 Å². The number of aromatic nitrogens is 3. The van der Waals surface area contributed by atoms with E-state index in [0.29, 0.717) is 28.0 Å². The quantitative estimate of drug-likeness (QED) is 0.188. The predicted molar refractivity (Wildman–Crippen MR) is 160 cm³/mol. The highest BCUT2D eigenvalue weighted by Crippen LogP contribution is 2.38. The van der Waals surface area contributed by atoms with Gasteiger partial charge < -0.3 is 20.3 Å². The maximum absolute atomic E-state index is 13.2. The largest absolute Gasteiger partial charge is 0.493 e. The number of benzene rings is 3. The van der Waals surface area contributed by atoms with Crippen LogP contribution in [-0.2, 0) is 18.4 Å². The van der Waals surface area contributed by atoms with Crippen LogP contribution in [0.15, 0.2) is 93.9 Å². The summed E-state index contributed by atoms with van der Waals surface area (Å²) in [5, 5.41) is 25.6. The predicted octanol–water partition coefficient (Wildman–Crippen LogP) is 5.57. The highest BCUT2D eigenvalue weighted by molar-refractivity contribution is 7.80. The number of rotatable bonds is 6. The van der Waals surface area contributed by atoms with Gasteiger partial charge in [-0.15, -0.1) is 10.2 Å². The molecule has 0 bridgehead atoms. The molecule has 40 heavy (non-hydrogen) atoms. The third-order valence-corrected chi connectivity index (χ3v) is 6.85. The molecule has 1 amide bonds. The van der Waals surface area contributed by atoms with Crippen LogP contribution in [0.4, 0.5) is 17.1 Å². The van der Waals surface area contributed by atoms with Crippen LogP contribution >= 0.6 is 12.2 Å². The van der Waals surface area contributed by atoms with Crippen LogP contribution in [-0.4, -0.2) is 30.1 Å². The number of para-hydroxylation sites is 3. The zero-order chi connectivity index (χ0) is 28.4. The number of aromatic hydroxyl groups is 1. The standard InChI is InChI=1S/C29H27N7O3S/c1-18-11-7-9-15-22(18)30-24(37)17-35-23-16-10-8-14-21(23)26(27(35)38)32-33-29(40)31-25-19(2)34(3)36(28(25)39)20-12-5-4-6-13-20/h4-16,38H,17H2,1-3H3,(H,30,37)(H,31,40). The molecule has 0 saturated heterocycles.